The van der Waals surface area contributed by atoms with Crippen LogP contribution in [0.1, 0.15) is 54.4 Å². The van der Waals surface area contributed by atoms with Gasteiger partial charge in [-0.05, 0) is 68.5 Å². The average molecular weight is 369 g/mol. The van der Waals surface area contributed by atoms with Crippen molar-refractivity contribution in [1.29, 1.82) is 0 Å². The number of anilines is 3. The molecule has 2 aromatic carbocycles. The molecule has 0 amide bonds. The Labute approximate surface area is 165 Å². The molecule has 0 aliphatic rings. The van der Waals surface area contributed by atoms with E-state index in [0.717, 1.165) is 23.7 Å². The van der Waals surface area contributed by atoms with Gasteiger partial charge in [0.1, 0.15) is 5.78 Å². The van der Waals surface area contributed by atoms with E-state index in [9.17, 15) is 4.79 Å². The van der Waals surface area contributed by atoms with Crippen molar-refractivity contribution in [2.75, 3.05) is 10.6 Å². The molecule has 2 aromatic rings. The van der Waals surface area contributed by atoms with Crippen LogP contribution in [-0.2, 0) is 4.79 Å². The number of hydrogen-bond acceptors (Lipinski definition) is 3. The summed E-state index contributed by atoms with van der Waals surface area (Å²) in [5, 5.41) is 6.93. The molecule has 0 heterocycles. The molecular weight excluding hydrogens is 332 g/mol. The Balaban J connectivity index is 0.000000445. The van der Waals surface area contributed by atoms with E-state index in [4.69, 9.17) is 0 Å². The molecule has 0 bridgehead atoms. The van der Waals surface area contributed by atoms with Gasteiger partial charge >= 0.3 is 0 Å². The second-order valence-electron chi connectivity index (χ2n) is 8.04. The molecule has 0 aliphatic carbocycles. The average Bonchev–Trinajstić information content (AvgIpc) is 2.56. The molecule has 1 unspecified atom stereocenters. The van der Waals surface area contributed by atoms with Gasteiger partial charge in [-0.15, -0.1) is 0 Å². The van der Waals surface area contributed by atoms with Crippen LogP contribution in [0.3, 0.4) is 0 Å². The summed E-state index contributed by atoms with van der Waals surface area (Å²) in [4.78, 5) is 10.3. The van der Waals surface area contributed by atoms with Crippen molar-refractivity contribution in [1.82, 2.24) is 0 Å². The van der Waals surface area contributed by atoms with Crippen molar-refractivity contribution >= 4 is 22.8 Å². The Morgan fingerprint density at radius 2 is 1.30 bits per heavy atom. The molecule has 2 N–H and O–H groups in total. The monoisotopic (exact) mass is 368 g/mol. The zero-order chi connectivity index (χ0) is 20.2. The lowest BCUT2D eigenvalue weighted by Gasteiger charge is -2.17. The van der Waals surface area contributed by atoms with Gasteiger partial charge in [-0.2, -0.15) is 0 Å². The van der Waals surface area contributed by atoms with Crippen molar-refractivity contribution in [3.63, 3.8) is 0 Å². The van der Waals surface area contributed by atoms with E-state index in [-0.39, 0.29) is 5.78 Å². The Kier molecular flexibility index (Phi) is 10.2. The van der Waals surface area contributed by atoms with Gasteiger partial charge in [-0.1, -0.05) is 45.9 Å². The van der Waals surface area contributed by atoms with Crippen LogP contribution in [0.2, 0.25) is 0 Å². The molecular formula is C24H36N2O. The van der Waals surface area contributed by atoms with Crippen LogP contribution in [0.25, 0.3) is 0 Å². The van der Waals surface area contributed by atoms with Gasteiger partial charge in [0.2, 0.25) is 0 Å². The lowest BCUT2D eigenvalue weighted by Crippen LogP contribution is -2.17. The van der Waals surface area contributed by atoms with E-state index in [1.165, 1.54) is 12.1 Å². The highest BCUT2D eigenvalue weighted by atomic mass is 16.1. The molecule has 27 heavy (non-hydrogen) atoms. The molecule has 0 aliphatic heterocycles. The lowest BCUT2D eigenvalue weighted by molar-refractivity contribution is -0.117. The summed E-state index contributed by atoms with van der Waals surface area (Å²) >= 11 is 0. The highest BCUT2D eigenvalue weighted by Gasteiger charge is 2.04. The summed E-state index contributed by atoms with van der Waals surface area (Å²) in [7, 11) is 0. The van der Waals surface area contributed by atoms with E-state index in [2.05, 4.69) is 67.8 Å². The van der Waals surface area contributed by atoms with Crippen LogP contribution in [0.15, 0.2) is 54.6 Å². The van der Waals surface area contributed by atoms with Crippen molar-refractivity contribution in [3.05, 3.63) is 54.6 Å². The van der Waals surface area contributed by atoms with Gasteiger partial charge in [0, 0.05) is 29.5 Å². The van der Waals surface area contributed by atoms with Gasteiger partial charge in [-0.3, -0.25) is 0 Å². The summed E-state index contributed by atoms with van der Waals surface area (Å²) in [6.07, 6.45) is 1.91. The number of ketones is 1. The van der Waals surface area contributed by atoms with Crippen molar-refractivity contribution in [2.45, 2.75) is 60.4 Å². The van der Waals surface area contributed by atoms with Gasteiger partial charge in [-0.25, -0.2) is 0 Å². The first-order valence-corrected chi connectivity index (χ1v) is 9.94. The fourth-order valence-corrected chi connectivity index (χ4v) is 2.96. The summed E-state index contributed by atoms with van der Waals surface area (Å²) in [6, 6.07) is 19.2. The highest BCUT2D eigenvalue weighted by Crippen LogP contribution is 2.19. The molecule has 3 nitrogen and oxygen atoms in total. The Bertz CT molecular complexity index is 648. The molecule has 3 heteroatoms. The number of carbonyl (C=O) groups excluding carboxylic acids is 1. The fraction of sp³-hybridized carbons (Fsp3) is 0.458. The number of para-hydroxylation sites is 1. The molecule has 1 atom stereocenters. The standard InChI is InChI=1S/C18H24N2.C6H12O/c1-14(2)13-15(3)19-17-9-11-18(12-10-17)20-16-7-5-4-6-8-16;1-5(2)4-6(3)7/h4-12,14-15,19-20H,13H2,1-3H3;5H,4H2,1-3H3. The van der Waals surface area contributed by atoms with E-state index in [1.54, 1.807) is 6.92 Å². The third-order valence-corrected chi connectivity index (χ3v) is 3.88. The molecule has 0 radical (unpaired) electrons. The third kappa shape index (κ3) is 11.1. The van der Waals surface area contributed by atoms with Gasteiger partial charge in [0.05, 0.1) is 0 Å². The third-order valence-electron chi connectivity index (χ3n) is 3.88. The summed E-state index contributed by atoms with van der Waals surface area (Å²) in [5.41, 5.74) is 3.40. The smallest absolute Gasteiger partial charge is 0.130 e. The quantitative estimate of drug-likeness (QED) is 0.532. The molecule has 0 saturated heterocycles. The number of hydrogen-bond donors (Lipinski definition) is 2. The molecule has 0 aromatic heterocycles. The predicted molar refractivity (Wildman–Crippen MR) is 119 cm³/mol. The minimum atomic E-state index is 0.287. The van der Waals surface area contributed by atoms with Crippen molar-refractivity contribution < 1.29 is 4.79 Å². The van der Waals surface area contributed by atoms with Crippen molar-refractivity contribution in [3.8, 4) is 0 Å². The van der Waals surface area contributed by atoms with Crippen molar-refractivity contribution in [2.24, 2.45) is 11.8 Å². The second kappa shape index (κ2) is 12.2. The molecule has 0 saturated carbocycles. The summed E-state index contributed by atoms with van der Waals surface area (Å²) < 4.78 is 0. The number of carbonyl (C=O) groups is 1. The Morgan fingerprint density at radius 1 is 0.778 bits per heavy atom. The number of benzene rings is 2. The van der Waals surface area contributed by atoms with E-state index < -0.39 is 0 Å². The van der Waals surface area contributed by atoms with Crippen LogP contribution < -0.4 is 10.6 Å². The summed E-state index contributed by atoms with van der Waals surface area (Å²) in [6.45, 7) is 12.5. The normalized spacial score (nSPS) is 11.6. The number of nitrogens with one attached hydrogen (secondary N) is 2. The Hall–Kier alpha value is -2.29. The lowest BCUT2D eigenvalue weighted by atomic mass is 10.1. The predicted octanol–water partition coefficient (Wildman–Crippen LogP) is 6.90. The van der Waals surface area contributed by atoms with Crippen LogP contribution in [0.5, 0.6) is 0 Å². The van der Waals surface area contributed by atoms with Gasteiger partial charge in [0.15, 0.2) is 0 Å². The number of Topliss-reactive ketones (excluding diaryl/α,β-unsaturated/α-hetero) is 1. The van der Waals surface area contributed by atoms with Crippen LogP contribution in [0, 0.1) is 11.8 Å². The van der Waals surface area contributed by atoms with Crippen LogP contribution in [0.4, 0.5) is 17.1 Å². The highest BCUT2D eigenvalue weighted by molar-refractivity contribution is 5.75. The first-order valence-electron chi connectivity index (χ1n) is 9.94. The van der Waals surface area contributed by atoms with Gasteiger partial charge in [0.25, 0.3) is 0 Å². The maximum Gasteiger partial charge on any atom is 0.130 e. The maximum absolute atomic E-state index is 10.3. The molecule has 0 fully saturated rings. The zero-order valence-electron chi connectivity index (χ0n) is 17.8. The van der Waals surface area contributed by atoms with Crippen LogP contribution >= 0.6 is 0 Å². The topological polar surface area (TPSA) is 41.1 Å². The van der Waals surface area contributed by atoms with E-state index in [1.807, 2.05) is 32.0 Å². The minimum Gasteiger partial charge on any atom is -0.383 e. The number of rotatable bonds is 8. The zero-order valence-corrected chi connectivity index (χ0v) is 17.8. The molecule has 2 rings (SSSR count). The maximum atomic E-state index is 10.3. The second-order valence-corrected chi connectivity index (χ2v) is 8.04. The first-order chi connectivity index (χ1) is 12.8. The summed E-state index contributed by atoms with van der Waals surface area (Å²) in [5.74, 6) is 1.53. The fourth-order valence-electron chi connectivity index (χ4n) is 2.96. The Morgan fingerprint density at radius 3 is 1.74 bits per heavy atom. The minimum absolute atomic E-state index is 0.287. The SMILES string of the molecule is CC(=O)CC(C)C.CC(C)CC(C)Nc1ccc(Nc2ccccc2)cc1. The first kappa shape index (κ1) is 22.8. The molecule has 148 valence electrons. The molecule has 0 spiro atoms. The van der Waals surface area contributed by atoms with E-state index in [0.29, 0.717) is 12.0 Å². The van der Waals surface area contributed by atoms with Gasteiger partial charge < -0.3 is 15.4 Å². The van der Waals surface area contributed by atoms with E-state index >= 15 is 0 Å². The van der Waals surface area contributed by atoms with Crippen LogP contribution in [-0.4, -0.2) is 11.8 Å². The largest absolute Gasteiger partial charge is 0.383 e.